The molecule has 0 radical (unpaired) electrons. The van der Waals surface area contributed by atoms with E-state index in [0.717, 1.165) is 22.9 Å². The number of rotatable bonds is 3. The zero-order chi connectivity index (χ0) is 13.1. The number of benzene rings is 1. The highest BCUT2D eigenvalue weighted by molar-refractivity contribution is 5.90. The Kier molecular flexibility index (Phi) is 3.28. The van der Waals surface area contributed by atoms with Crippen molar-refractivity contribution >= 4 is 10.9 Å². The molecule has 0 unspecified atom stereocenters. The lowest BCUT2D eigenvalue weighted by Crippen LogP contribution is -2.02. The highest BCUT2D eigenvalue weighted by Crippen LogP contribution is 2.29. The molecule has 1 aromatic heterocycles. The van der Waals surface area contributed by atoms with Crippen molar-refractivity contribution in [2.75, 3.05) is 6.54 Å². The van der Waals surface area contributed by atoms with Gasteiger partial charge in [0.15, 0.2) is 0 Å². The summed E-state index contributed by atoms with van der Waals surface area (Å²) >= 11 is 0. The van der Waals surface area contributed by atoms with E-state index >= 15 is 0 Å². The average Bonchev–Trinajstić information content (AvgIpc) is 2.68. The summed E-state index contributed by atoms with van der Waals surface area (Å²) in [6.45, 7) is 0.983. The lowest BCUT2D eigenvalue weighted by Gasteiger charge is -2.03. The second-order valence-corrected chi connectivity index (χ2v) is 4.06. The van der Waals surface area contributed by atoms with Gasteiger partial charge >= 0.3 is 0 Å². The maximum absolute atomic E-state index is 9.70. The zero-order valence-corrected chi connectivity index (χ0v) is 9.98. The van der Waals surface area contributed by atoms with Crippen molar-refractivity contribution in [1.82, 2.24) is 4.57 Å². The molecule has 0 atom stereocenters. The van der Waals surface area contributed by atoms with E-state index in [1.54, 1.807) is 12.1 Å². The van der Waals surface area contributed by atoms with E-state index in [1.165, 1.54) is 0 Å². The van der Waals surface area contributed by atoms with Crippen LogP contribution >= 0.6 is 0 Å². The summed E-state index contributed by atoms with van der Waals surface area (Å²) in [5.74, 6) is 5.34. The molecular weight excluding hydrogens is 224 g/mol. The predicted octanol–water partition coefficient (Wildman–Crippen LogP) is 1.46. The summed E-state index contributed by atoms with van der Waals surface area (Å²) < 4.78 is 1.93. The molecule has 3 nitrogen and oxygen atoms in total. The van der Waals surface area contributed by atoms with Gasteiger partial charge in [0, 0.05) is 11.6 Å². The Bertz CT molecular complexity index is 668. The van der Waals surface area contributed by atoms with Gasteiger partial charge in [-0.2, -0.15) is 0 Å². The number of terminal acetylenes is 2. The molecule has 0 saturated carbocycles. The van der Waals surface area contributed by atoms with Crippen LogP contribution in [-0.4, -0.2) is 16.2 Å². The number of phenolic OH excluding ortho intramolecular Hbond substituents is 1. The fourth-order valence-corrected chi connectivity index (χ4v) is 2.18. The first kappa shape index (κ1) is 12.1. The summed E-state index contributed by atoms with van der Waals surface area (Å²) in [7, 11) is 0. The van der Waals surface area contributed by atoms with E-state index in [2.05, 4.69) is 11.8 Å². The van der Waals surface area contributed by atoms with Gasteiger partial charge in [-0.05, 0) is 30.7 Å². The van der Waals surface area contributed by atoms with Crippen LogP contribution in [-0.2, 0) is 13.0 Å². The van der Waals surface area contributed by atoms with E-state index in [-0.39, 0.29) is 5.75 Å². The van der Waals surface area contributed by atoms with Gasteiger partial charge in [0.25, 0.3) is 0 Å². The van der Waals surface area contributed by atoms with Crippen LogP contribution in [0.5, 0.6) is 5.75 Å². The van der Waals surface area contributed by atoms with Gasteiger partial charge in [-0.1, -0.05) is 11.8 Å². The summed E-state index contributed by atoms with van der Waals surface area (Å²) in [4.78, 5) is 0. The van der Waals surface area contributed by atoms with Gasteiger partial charge in [-0.3, -0.25) is 0 Å². The summed E-state index contributed by atoms with van der Waals surface area (Å²) in [6.07, 6.45) is 13.5. The molecule has 0 bridgehead atoms. The molecule has 0 aliphatic heterocycles. The third kappa shape index (κ3) is 1.93. The van der Waals surface area contributed by atoms with Gasteiger partial charge in [0.1, 0.15) is 5.75 Å². The SMILES string of the molecule is C#CCn1cc(CCN)c2cc(O)cc(C#C)c21. The molecule has 90 valence electrons. The molecule has 0 spiro atoms. The minimum Gasteiger partial charge on any atom is -0.508 e. The molecule has 0 saturated heterocycles. The van der Waals surface area contributed by atoms with Crippen LogP contribution in [0, 0.1) is 24.7 Å². The van der Waals surface area contributed by atoms with E-state index in [1.807, 2.05) is 10.8 Å². The smallest absolute Gasteiger partial charge is 0.117 e. The molecule has 0 aliphatic carbocycles. The van der Waals surface area contributed by atoms with E-state index < -0.39 is 0 Å². The number of phenols is 1. The van der Waals surface area contributed by atoms with E-state index in [0.29, 0.717) is 18.7 Å². The lowest BCUT2D eigenvalue weighted by atomic mass is 10.1. The number of hydrogen-bond acceptors (Lipinski definition) is 2. The van der Waals surface area contributed by atoms with Crippen molar-refractivity contribution in [2.24, 2.45) is 5.73 Å². The van der Waals surface area contributed by atoms with Gasteiger partial charge in [0.2, 0.25) is 0 Å². The molecule has 18 heavy (non-hydrogen) atoms. The van der Waals surface area contributed by atoms with Crippen LogP contribution in [0.4, 0.5) is 0 Å². The Morgan fingerprint density at radius 2 is 2.11 bits per heavy atom. The first-order chi connectivity index (χ1) is 8.71. The van der Waals surface area contributed by atoms with Crippen LogP contribution in [0.25, 0.3) is 10.9 Å². The first-order valence-corrected chi connectivity index (χ1v) is 5.66. The fourth-order valence-electron chi connectivity index (χ4n) is 2.18. The molecule has 3 N–H and O–H groups in total. The Morgan fingerprint density at radius 1 is 1.33 bits per heavy atom. The maximum Gasteiger partial charge on any atom is 0.117 e. The molecular formula is C15H14N2O. The molecule has 3 heteroatoms. The maximum atomic E-state index is 9.70. The van der Waals surface area contributed by atoms with E-state index in [9.17, 15) is 5.11 Å². The van der Waals surface area contributed by atoms with Crippen molar-refractivity contribution < 1.29 is 5.11 Å². The minimum absolute atomic E-state index is 0.159. The zero-order valence-electron chi connectivity index (χ0n) is 9.98. The normalized spacial score (nSPS) is 10.2. The van der Waals surface area contributed by atoms with Crippen LogP contribution in [0.3, 0.4) is 0 Å². The standard InChI is InChI=1S/C15H14N2O/c1-3-7-17-10-12(5-6-16)14-9-13(18)8-11(4-2)15(14)17/h1-2,8-10,18H,5-7,16H2. The van der Waals surface area contributed by atoms with Gasteiger partial charge in [-0.25, -0.2) is 0 Å². The number of nitrogens with zero attached hydrogens (tertiary/aromatic N) is 1. The van der Waals surface area contributed by atoms with Crippen molar-refractivity contribution in [3.63, 3.8) is 0 Å². The van der Waals surface area contributed by atoms with Gasteiger partial charge in [-0.15, -0.1) is 12.8 Å². The van der Waals surface area contributed by atoms with Gasteiger partial charge < -0.3 is 15.4 Å². The van der Waals surface area contributed by atoms with Crippen LogP contribution < -0.4 is 5.73 Å². The molecule has 0 aliphatic rings. The summed E-state index contributed by atoms with van der Waals surface area (Å²) in [6, 6.07) is 3.27. The van der Waals surface area contributed by atoms with Gasteiger partial charge in [0.05, 0.1) is 17.6 Å². The number of nitrogens with two attached hydrogens (primary N) is 1. The molecule has 0 amide bonds. The van der Waals surface area contributed by atoms with Crippen molar-refractivity contribution in [2.45, 2.75) is 13.0 Å². The Morgan fingerprint density at radius 3 is 2.72 bits per heavy atom. The quantitative estimate of drug-likeness (QED) is 0.795. The molecule has 2 aromatic rings. The third-order valence-corrected chi connectivity index (χ3v) is 2.87. The van der Waals surface area contributed by atoms with E-state index in [4.69, 9.17) is 18.6 Å². The summed E-state index contributed by atoms with van der Waals surface area (Å²) in [5.41, 5.74) is 8.17. The monoisotopic (exact) mass is 238 g/mol. The average molecular weight is 238 g/mol. The topological polar surface area (TPSA) is 51.2 Å². The van der Waals surface area contributed by atoms with Crippen LogP contribution in [0.2, 0.25) is 0 Å². The molecule has 1 aromatic carbocycles. The Hall–Kier alpha value is -2.36. The van der Waals surface area contributed by atoms with Crippen LogP contribution in [0.15, 0.2) is 18.3 Å². The summed E-state index contributed by atoms with van der Waals surface area (Å²) in [5, 5.41) is 10.6. The highest BCUT2D eigenvalue weighted by atomic mass is 16.3. The third-order valence-electron chi connectivity index (χ3n) is 2.87. The predicted molar refractivity (Wildman–Crippen MR) is 73.1 cm³/mol. The highest BCUT2D eigenvalue weighted by Gasteiger charge is 2.12. The van der Waals surface area contributed by atoms with Crippen molar-refractivity contribution in [3.05, 3.63) is 29.5 Å². The number of aromatic hydroxyl groups is 1. The molecule has 2 rings (SSSR count). The Balaban J connectivity index is 2.79. The van der Waals surface area contributed by atoms with Crippen molar-refractivity contribution in [1.29, 1.82) is 0 Å². The van der Waals surface area contributed by atoms with Crippen molar-refractivity contribution in [3.8, 4) is 30.4 Å². The second kappa shape index (κ2) is 4.87. The minimum atomic E-state index is 0.159. The molecule has 1 heterocycles. The van der Waals surface area contributed by atoms with Crippen LogP contribution in [0.1, 0.15) is 11.1 Å². The number of hydrogen-bond donors (Lipinski definition) is 2. The lowest BCUT2D eigenvalue weighted by molar-refractivity contribution is 0.476. The Labute approximate surface area is 106 Å². The number of fused-ring (bicyclic) bond motifs is 1. The largest absolute Gasteiger partial charge is 0.508 e. The second-order valence-electron chi connectivity index (χ2n) is 4.06. The first-order valence-electron chi connectivity index (χ1n) is 5.66. The fraction of sp³-hybridized carbons (Fsp3) is 0.200. The molecule has 0 fully saturated rings. The number of aromatic nitrogens is 1.